The molecule has 1 aliphatic heterocycles. The summed E-state index contributed by atoms with van der Waals surface area (Å²) in [6, 6.07) is 5.14. The Morgan fingerprint density at radius 2 is 2.29 bits per heavy atom. The smallest absolute Gasteiger partial charge is 0.321 e. The van der Waals surface area contributed by atoms with E-state index >= 15 is 0 Å². The molecule has 1 amide bonds. The SMILES string of the molecule is O=C(CCN1CCSCC1C(=O)O)Nc1cccc(F)c1. The maximum Gasteiger partial charge on any atom is 0.321 e. The summed E-state index contributed by atoms with van der Waals surface area (Å²) in [5, 5.41) is 11.8. The van der Waals surface area contributed by atoms with Gasteiger partial charge in [0.25, 0.3) is 0 Å². The molecular weight excluding hydrogens is 295 g/mol. The second-order valence-electron chi connectivity index (χ2n) is 4.77. The third-order valence-electron chi connectivity index (χ3n) is 3.26. The van der Waals surface area contributed by atoms with E-state index in [1.54, 1.807) is 17.8 Å². The standard InChI is InChI=1S/C14H17FN2O3S/c15-10-2-1-3-11(8-10)16-13(18)4-5-17-6-7-21-9-12(17)14(19)20/h1-3,8,12H,4-7,9H2,(H,16,18)(H,19,20). The van der Waals surface area contributed by atoms with Gasteiger partial charge in [-0.3, -0.25) is 14.5 Å². The summed E-state index contributed by atoms with van der Waals surface area (Å²) in [5.74, 6) is -0.0987. The van der Waals surface area contributed by atoms with Gasteiger partial charge >= 0.3 is 5.97 Å². The summed E-state index contributed by atoms with van der Waals surface area (Å²) in [5.41, 5.74) is 0.406. The first-order valence-electron chi connectivity index (χ1n) is 6.66. The van der Waals surface area contributed by atoms with E-state index in [2.05, 4.69) is 5.32 Å². The predicted molar refractivity (Wildman–Crippen MR) is 80.0 cm³/mol. The molecule has 7 heteroatoms. The number of nitrogens with zero attached hydrogens (tertiary/aromatic N) is 1. The summed E-state index contributed by atoms with van der Waals surface area (Å²) in [7, 11) is 0. The fourth-order valence-corrected chi connectivity index (χ4v) is 3.27. The van der Waals surface area contributed by atoms with Crippen LogP contribution in [-0.2, 0) is 9.59 Å². The number of rotatable bonds is 5. The van der Waals surface area contributed by atoms with E-state index in [4.69, 9.17) is 5.11 Å². The van der Waals surface area contributed by atoms with Gasteiger partial charge in [-0.2, -0.15) is 11.8 Å². The first kappa shape index (κ1) is 15.8. The van der Waals surface area contributed by atoms with Gasteiger partial charge in [0.2, 0.25) is 5.91 Å². The average molecular weight is 312 g/mol. The Bertz CT molecular complexity index is 527. The number of hydrogen-bond acceptors (Lipinski definition) is 4. The Balaban J connectivity index is 1.84. The minimum absolute atomic E-state index is 0.185. The van der Waals surface area contributed by atoms with Gasteiger partial charge < -0.3 is 10.4 Å². The third kappa shape index (κ3) is 4.71. The first-order valence-corrected chi connectivity index (χ1v) is 7.82. The highest BCUT2D eigenvalue weighted by molar-refractivity contribution is 7.99. The van der Waals surface area contributed by atoms with E-state index in [0.29, 0.717) is 24.5 Å². The van der Waals surface area contributed by atoms with Crippen LogP contribution in [0.15, 0.2) is 24.3 Å². The maximum atomic E-state index is 13.0. The van der Waals surface area contributed by atoms with Gasteiger partial charge in [-0.05, 0) is 18.2 Å². The molecule has 0 aromatic heterocycles. The molecule has 1 fully saturated rings. The van der Waals surface area contributed by atoms with Crippen LogP contribution in [0.25, 0.3) is 0 Å². The van der Waals surface area contributed by atoms with Crippen LogP contribution in [0.5, 0.6) is 0 Å². The summed E-state index contributed by atoms with van der Waals surface area (Å²) in [4.78, 5) is 24.8. The number of carbonyl (C=O) groups excluding carboxylic acids is 1. The molecule has 2 N–H and O–H groups in total. The molecule has 0 aliphatic carbocycles. The lowest BCUT2D eigenvalue weighted by atomic mass is 10.2. The second kappa shape index (κ2) is 7.42. The lowest BCUT2D eigenvalue weighted by molar-refractivity contribution is -0.142. The normalized spacial score (nSPS) is 19.2. The fraction of sp³-hybridized carbons (Fsp3) is 0.429. The first-order chi connectivity index (χ1) is 10.1. The summed E-state index contributed by atoms with van der Waals surface area (Å²) < 4.78 is 13.0. The van der Waals surface area contributed by atoms with Crippen LogP contribution in [0.4, 0.5) is 10.1 Å². The molecule has 1 atom stereocenters. The van der Waals surface area contributed by atoms with Gasteiger partial charge in [0.15, 0.2) is 0 Å². The number of anilines is 1. The van der Waals surface area contributed by atoms with Crippen molar-refractivity contribution in [3.63, 3.8) is 0 Å². The molecule has 114 valence electrons. The highest BCUT2D eigenvalue weighted by Gasteiger charge is 2.28. The number of amides is 1. The number of benzene rings is 1. The summed E-state index contributed by atoms with van der Waals surface area (Å²) in [6.45, 7) is 1.05. The molecule has 1 aromatic rings. The van der Waals surface area contributed by atoms with Crippen molar-refractivity contribution < 1.29 is 19.1 Å². The Hall–Kier alpha value is -1.60. The minimum Gasteiger partial charge on any atom is -0.480 e. The fourth-order valence-electron chi connectivity index (χ4n) is 2.17. The number of nitrogens with one attached hydrogen (secondary N) is 1. The quantitative estimate of drug-likeness (QED) is 0.865. The van der Waals surface area contributed by atoms with Gasteiger partial charge in [-0.1, -0.05) is 6.07 Å². The van der Waals surface area contributed by atoms with E-state index in [-0.39, 0.29) is 12.3 Å². The van der Waals surface area contributed by atoms with Crippen LogP contribution >= 0.6 is 11.8 Å². The summed E-state index contributed by atoms with van der Waals surface area (Å²) in [6.07, 6.45) is 0.185. The third-order valence-corrected chi connectivity index (χ3v) is 4.28. The number of hydrogen-bond donors (Lipinski definition) is 2. The van der Waals surface area contributed by atoms with Crippen molar-refractivity contribution in [2.45, 2.75) is 12.5 Å². The molecule has 1 aromatic carbocycles. The van der Waals surface area contributed by atoms with Crippen molar-refractivity contribution >= 4 is 29.3 Å². The number of thioether (sulfide) groups is 1. The Morgan fingerprint density at radius 1 is 1.48 bits per heavy atom. The number of carboxylic acids is 1. The lowest BCUT2D eigenvalue weighted by Gasteiger charge is -2.32. The van der Waals surface area contributed by atoms with E-state index in [1.165, 1.54) is 18.2 Å². The number of carbonyl (C=O) groups is 2. The monoisotopic (exact) mass is 312 g/mol. The highest BCUT2D eigenvalue weighted by atomic mass is 32.2. The van der Waals surface area contributed by atoms with Crippen LogP contribution < -0.4 is 5.32 Å². The molecule has 1 heterocycles. The molecule has 0 radical (unpaired) electrons. The molecule has 1 saturated heterocycles. The van der Waals surface area contributed by atoms with Crippen LogP contribution in [0.3, 0.4) is 0 Å². The largest absolute Gasteiger partial charge is 0.480 e. The zero-order chi connectivity index (χ0) is 15.2. The minimum atomic E-state index is -0.854. The van der Waals surface area contributed by atoms with Crippen molar-refractivity contribution in [2.24, 2.45) is 0 Å². The van der Waals surface area contributed by atoms with Gasteiger partial charge in [0.1, 0.15) is 11.9 Å². The van der Waals surface area contributed by atoms with Crippen molar-refractivity contribution in [3.05, 3.63) is 30.1 Å². The van der Waals surface area contributed by atoms with Gasteiger partial charge in [0, 0.05) is 36.7 Å². The molecule has 1 unspecified atom stereocenters. The average Bonchev–Trinajstić information content (AvgIpc) is 2.45. The maximum absolute atomic E-state index is 13.0. The van der Waals surface area contributed by atoms with Gasteiger partial charge in [-0.25, -0.2) is 4.39 Å². The zero-order valence-electron chi connectivity index (χ0n) is 11.4. The van der Waals surface area contributed by atoms with Gasteiger partial charge in [0.05, 0.1) is 0 Å². The van der Waals surface area contributed by atoms with Crippen molar-refractivity contribution in [1.29, 1.82) is 0 Å². The number of halogens is 1. The molecule has 5 nitrogen and oxygen atoms in total. The van der Waals surface area contributed by atoms with Crippen molar-refractivity contribution in [2.75, 3.05) is 29.9 Å². The van der Waals surface area contributed by atoms with E-state index in [9.17, 15) is 14.0 Å². The van der Waals surface area contributed by atoms with Crippen LogP contribution in [0.1, 0.15) is 6.42 Å². The Labute approximate surface area is 126 Å². The highest BCUT2D eigenvalue weighted by Crippen LogP contribution is 2.17. The summed E-state index contributed by atoms with van der Waals surface area (Å²) >= 11 is 1.61. The van der Waals surface area contributed by atoms with Gasteiger partial charge in [-0.15, -0.1) is 0 Å². The molecule has 0 spiro atoms. The molecule has 0 bridgehead atoms. The van der Waals surface area contributed by atoms with E-state index in [0.717, 1.165) is 5.75 Å². The number of aliphatic carboxylic acids is 1. The van der Waals surface area contributed by atoms with Crippen LogP contribution in [0.2, 0.25) is 0 Å². The zero-order valence-corrected chi connectivity index (χ0v) is 12.2. The lowest BCUT2D eigenvalue weighted by Crippen LogP contribution is -2.48. The predicted octanol–water partition coefficient (Wildman–Crippen LogP) is 1.66. The molecule has 2 rings (SSSR count). The van der Waals surface area contributed by atoms with Crippen molar-refractivity contribution in [1.82, 2.24) is 4.90 Å². The topological polar surface area (TPSA) is 69.6 Å². The van der Waals surface area contributed by atoms with Crippen molar-refractivity contribution in [3.8, 4) is 0 Å². The second-order valence-corrected chi connectivity index (χ2v) is 5.92. The molecule has 21 heavy (non-hydrogen) atoms. The van der Waals surface area contributed by atoms with Crippen LogP contribution in [-0.4, -0.2) is 52.5 Å². The molecular formula is C14H17FN2O3S. The van der Waals surface area contributed by atoms with E-state index < -0.39 is 17.8 Å². The Kier molecular flexibility index (Phi) is 5.58. The van der Waals surface area contributed by atoms with Crippen LogP contribution in [0, 0.1) is 5.82 Å². The number of carboxylic acid groups (broad SMARTS) is 1. The molecule has 1 aliphatic rings. The molecule has 0 saturated carbocycles. The van der Waals surface area contributed by atoms with E-state index in [1.807, 2.05) is 4.90 Å². The Morgan fingerprint density at radius 3 is 3.00 bits per heavy atom.